The van der Waals surface area contributed by atoms with Gasteiger partial charge in [0.15, 0.2) is 0 Å². The minimum atomic E-state index is 0.284. The van der Waals surface area contributed by atoms with E-state index in [1.165, 1.54) is 51.4 Å². The fourth-order valence-electron chi connectivity index (χ4n) is 3.31. The molecule has 0 radical (unpaired) electrons. The van der Waals surface area contributed by atoms with Crippen LogP contribution < -0.4 is 5.32 Å². The second kappa shape index (κ2) is 6.25. The summed E-state index contributed by atoms with van der Waals surface area (Å²) in [5.41, 5.74) is 0. The predicted octanol–water partition coefficient (Wildman–Crippen LogP) is 3.24. The SMILES string of the molecule is N#CC1CCCC1NCCC1CCCCC1. The number of rotatable bonds is 4. The van der Waals surface area contributed by atoms with Crippen LogP contribution in [0.3, 0.4) is 0 Å². The molecule has 2 heteroatoms. The molecule has 0 saturated heterocycles. The molecular formula is C14H24N2. The summed E-state index contributed by atoms with van der Waals surface area (Å²) in [6, 6.07) is 2.93. The lowest BCUT2D eigenvalue weighted by molar-refractivity contribution is 0.323. The molecule has 2 fully saturated rings. The Morgan fingerprint density at radius 2 is 1.81 bits per heavy atom. The van der Waals surface area contributed by atoms with Gasteiger partial charge in [0, 0.05) is 6.04 Å². The van der Waals surface area contributed by atoms with Gasteiger partial charge in [-0.25, -0.2) is 0 Å². The van der Waals surface area contributed by atoms with Crippen LogP contribution in [-0.2, 0) is 0 Å². The molecule has 0 spiro atoms. The summed E-state index contributed by atoms with van der Waals surface area (Å²) in [4.78, 5) is 0. The first-order chi connectivity index (χ1) is 7.90. The molecule has 2 saturated carbocycles. The highest BCUT2D eigenvalue weighted by molar-refractivity contribution is 4.96. The fourth-order valence-corrected chi connectivity index (χ4v) is 3.31. The van der Waals surface area contributed by atoms with Crippen molar-refractivity contribution in [2.24, 2.45) is 11.8 Å². The van der Waals surface area contributed by atoms with Gasteiger partial charge in [-0.05, 0) is 31.7 Å². The Balaban J connectivity index is 1.62. The largest absolute Gasteiger partial charge is 0.313 e. The Morgan fingerprint density at radius 1 is 1.00 bits per heavy atom. The van der Waals surface area contributed by atoms with Crippen LogP contribution in [0.5, 0.6) is 0 Å². The summed E-state index contributed by atoms with van der Waals surface area (Å²) in [5.74, 6) is 1.24. The van der Waals surface area contributed by atoms with Crippen molar-refractivity contribution < 1.29 is 0 Å². The second-order valence-electron chi connectivity index (χ2n) is 5.52. The topological polar surface area (TPSA) is 35.8 Å². The fraction of sp³-hybridized carbons (Fsp3) is 0.929. The van der Waals surface area contributed by atoms with Crippen LogP contribution in [0.4, 0.5) is 0 Å². The number of hydrogen-bond donors (Lipinski definition) is 1. The summed E-state index contributed by atoms with van der Waals surface area (Å²) in [6.45, 7) is 1.13. The summed E-state index contributed by atoms with van der Waals surface area (Å²) in [5, 5.41) is 12.6. The van der Waals surface area contributed by atoms with Gasteiger partial charge < -0.3 is 5.32 Å². The van der Waals surface area contributed by atoms with Gasteiger partial charge >= 0.3 is 0 Å². The molecule has 0 aromatic rings. The quantitative estimate of drug-likeness (QED) is 0.789. The van der Waals surface area contributed by atoms with Crippen LogP contribution in [0.25, 0.3) is 0 Å². The van der Waals surface area contributed by atoms with Gasteiger partial charge in [0.05, 0.1) is 12.0 Å². The molecule has 0 bridgehead atoms. The maximum Gasteiger partial charge on any atom is 0.0672 e. The van der Waals surface area contributed by atoms with E-state index in [9.17, 15) is 0 Å². The molecule has 90 valence electrons. The van der Waals surface area contributed by atoms with E-state index >= 15 is 0 Å². The Labute approximate surface area is 99.4 Å². The maximum atomic E-state index is 8.99. The van der Waals surface area contributed by atoms with Gasteiger partial charge in [-0.1, -0.05) is 38.5 Å². The molecule has 2 atom stereocenters. The van der Waals surface area contributed by atoms with E-state index in [4.69, 9.17) is 5.26 Å². The lowest BCUT2D eigenvalue weighted by Gasteiger charge is -2.23. The molecule has 2 aliphatic rings. The standard InChI is InChI=1S/C14H24N2/c15-11-13-7-4-8-14(13)16-10-9-12-5-2-1-3-6-12/h12-14,16H,1-10H2. The highest BCUT2D eigenvalue weighted by Crippen LogP contribution is 2.27. The van der Waals surface area contributed by atoms with Gasteiger partial charge in [0.2, 0.25) is 0 Å². The monoisotopic (exact) mass is 220 g/mol. The van der Waals surface area contributed by atoms with Crippen LogP contribution >= 0.6 is 0 Å². The molecule has 2 rings (SSSR count). The summed E-state index contributed by atoms with van der Waals surface area (Å²) >= 11 is 0. The Bertz CT molecular complexity index is 238. The summed E-state index contributed by atoms with van der Waals surface area (Å²) < 4.78 is 0. The molecule has 0 amide bonds. The zero-order chi connectivity index (χ0) is 11.2. The summed E-state index contributed by atoms with van der Waals surface area (Å²) in [7, 11) is 0. The molecular weight excluding hydrogens is 196 g/mol. The van der Waals surface area contributed by atoms with Crippen molar-refractivity contribution in [3.63, 3.8) is 0 Å². The van der Waals surface area contributed by atoms with Crippen molar-refractivity contribution in [1.29, 1.82) is 5.26 Å². The zero-order valence-corrected chi connectivity index (χ0v) is 10.3. The van der Waals surface area contributed by atoms with Gasteiger partial charge in [-0.2, -0.15) is 5.26 Å². The van der Waals surface area contributed by atoms with Crippen molar-refractivity contribution in [2.75, 3.05) is 6.54 Å². The molecule has 0 heterocycles. The van der Waals surface area contributed by atoms with Crippen LogP contribution in [0.15, 0.2) is 0 Å². The molecule has 0 aromatic carbocycles. The van der Waals surface area contributed by atoms with E-state index in [2.05, 4.69) is 11.4 Å². The lowest BCUT2D eigenvalue weighted by Crippen LogP contribution is -2.33. The predicted molar refractivity (Wildman–Crippen MR) is 65.9 cm³/mol. The number of nitrogens with zero attached hydrogens (tertiary/aromatic N) is 1. The minimum Gasteiger partial charge on any atom is -0.313 e. The Kier molecular flexibility index (Phi) is 4.66. The zero-order valence-electron chi connectivity index (χ0n) is 10.3. The molecule has 1 N–H and O–H groups in total. The molecule has 2 nitrogen and oxygen atoms in total. The van der Waals surface area contributed by atoms with Crippen molar-refractivity contribution in [2.45, 2.75) is 63.8 Å². The number of nitrogens with one attached hydrogen (secondary N) is 1. The van der Waals surface area contributed by atoms with Crippen LogP contribution in [0.2, 0.25) is 0 Å². The first-order valence-corrected chi connectivity index (χ1v) is 7.03. The highest BCUT2D eigenvalue weighted by atomic mass is 14.9. The van der Waals surface area contributed by atoms with Gasteiger partial charge in [0.1, 0.15) is 0 Å². The lowest BCUT2D eigenvalue weighted by atomic mass is 9.87. The number of nitriles is 1. The third-order valence-corrected chi connectivity index (χ3v) is 4.37. The van der Waals surface area contributed by atoms with E-state index < -0.39 is 0 Å². The molecule has 2 unspecified atom stereocenters. The van der Waals surface area contributed by atoms with Crippen molar-refractivity contribution in [3.05, 3.63) is 0 Å². The first-order valence-electron chi connectivity index (χ1n) is 7.03. The van der Waals surface area contributed by atoms with Crippen molar-refractivity contribution in [1.82, 2.24) is 5.32 Å². The first kappa shape index (κ1) is 11.9. The highest BCUT2D eigenvalue weighted by Gasteiger charge is 2.26. The van der Waals surface area contributed by atoms with Crippen LogP contribution in [-0.4, -0.2) is 12.6 Å². The smallest absolute Gasteiger partial charge is 0.0672 e. The maximum absolute atomic E-state index is 8.99. The minimum absolute atomic E-state index is 0.284. The Hall–Kier alpha value is -0.550. The van der Waals surface area contributed by atoms with E-state index in [-0.39, 0.29) is 5.92 Å². The van der Waals surface area contributed by atoms with E-state index in [1.807, 2.05) is 0 Å². The van der Waals surface area contributed by atoms with Crippen LogP contribution in [0.1, 0.15) is 57.8 Å². The van der Waals surface area contributed by atoms with Gasteiger partial charge in [-0.3, -0.25) is 0 Å². The van der Waals surface area contributed by atoms with E-state index in [1.54, 1.807) is 0 Å². The molecule has 0 aliphatic heterocycles. The molecule has 0 aromatic heterocycles. The third kappa shape index (κ3) is 3.22. The second-order valence-corrected chi connectivity index (χ2v) is 5.52. The van der Waals surface area contributed by atoms with Gasteiger partial charge in [0.25, 0.3) is 0 Å². The van der Waals surface area contributed by atoms with Crippen molar-refractivity contribution in [3.8, 4) is 6.07 Å². The van der Waals surface area contributed by atoms with Crippen LogP contribution in [0, 0.1) is 23.2 Å². The summed E-state index contributed by atoms with van der Waals surface area (Å²) in [6.07, 6.45) is 12.1. The average Bonchev–Trinajstić information content (AvgIpc) is 2.78. The van der Waals surface area contributed by atoms with Gasteiger partial charge in [-0.15, -0.1) is 0 Å². The Morgan fingerprint density at radius 3 is 2.56 bits per heavy atom. The number of hydrogen-bond acceptors (Lipinski definition) is 2. The van der Waals surface area contributed by atoms with E-state index in [0.717, 1.165) is 18.9 Å². The van der Waals surface area contributed by atoms with Crippen molar-refractivity contribution >= 4 is 0 Å². The normalized spacial score (nSPS) is 31.4. The third-order valence-electron chi connectivity index (χ3n) is 4.37. The molecule has 16 heavy (non-hydrogen) atoms. The average molecular weight is 220 g/mol. The van der Waals surface area contributed by atoms with E-state index in [0.29, 0.717) is 6.04 Å². The molecule has 2 aliphatic carbocycles.